The van der Waals surface area contributed by atoms with Crippen molar-refractivity contribution in [3.05, 3.63) is 35.9 Å². The van der Waals surface area contributed by atoms with Gasteiger partial charge in [0.1, 0.15) is 6.04 Å². The van der Waals surface area contributed by atoms with Crippen LogP contribution in [0.4, 0.5) is 4.79 Å². The molecule has 3 N–H and O–H groups in total. The zero-order chi connectivity index (χ0) is 21.3. The molecule has 7 nitrogen and oxygen atoms in total. The smallest absolute Gasteiger partial charge is 0.321 e. The van der Waals surface area contributed by atoms with Crippen LogP contribution in [0.15, 0.2) is 30.3 Å². The third-order valence-corrected chi connectivity index (χ3v) is 6.08. The fraction of sp³-hybridized carbons (Fsp3) is 0.609. The van der Waals surface area contributed by atoms with E-state index < -0.39 is 12.1 Å². The number of piperidine rings is 1. The van der Waals surface area contributed by atoms with Crippen LogP contribution in [0.1, 0.15) is 63.5 Å². The molecule has 0 spiro atoms. The van der Waals surface area contributed by atoms with Gasteiger partial charge in [0.25, 0.3) is 0 Å². The first-order valence-corrected chi connectivity index (χ1v) is 11.3. The summed E-state index contributed by atoms with van der Waals surface area (Å²) < 4.78 is 0. The molecule has 30 heavy (non-hydrogen) atoms. The first kappa shape index (κ1) is 22.3. The van der Waals surface area contributed by atoms with Gasteiger partial charge in [-0.15, -0.1) is 0 Å². The lowest BCUT2D eigenvalue weighted by Crippen LogP contribution is -2.51. The number of carbonyl (C=O) groups is 3. The van der Waals surface area contributed by atoms with Gasteiger partial charge in [-0.05, 0) is 44.7 Å². The van der Waals surface area contributed by atoms with Gasteiger partial charge in [-0.3, -0.25) is 19.8 Å². The Morgan fingerprint density at radius 2 is 1.77 bits per heavy atom. The maximum absolute atomic E-state index is 13.0. The van der Waals surface area contributed by atoms with Crippen molar-refractivity contribution >= 4 is 17.8 Å². The lowest BCUT2D eigenvalue weighted by atomic mass is 9.91. The predicted molar refractivity (Wildman–Crippen MR) is 116 cm³/mol. The van der Waals surface area contributed by atoms with Crippen LogP contribution in [-0.2, 0) is 9.59 Å². The van der Waals surface area contributed by atoms with E-state index in [0.29, 0.717) is 13.1 Å². The molecular weight excluding hydrogens is 380 g/mol. The van der Waals surface area contributed by atoms with Crippen LogP contribution in [0.25, 0.3) is 0 Å². The van der Waals surface area contributed by atoms with E-state index in [0.717, 1.165) is 37.8 Å². The highest BCUT2D eigenvalue weighted by molar-refractivity contribution is 5.97. The van der Waals surface area contributed by atoms with E-state index in [1.165, 1.54) is 19.3 Å². The van der Waals surface area contributed by atoms with E-state index >= 15 is 0 Å². The molecule has 1 aromatic carbocycles. The van der Waals surface area contributed by atoms with Gasteiger partial charge in [-0.25, -0.2) is 4.79 Å². The van der Waals surface area contributed by atoms with E-state index in [1.807, 2.05) is 35.2 Å². The van der Waals surface area contributed by atoms with E-state index in [1.54, 1.807) is 6.92 Å². The van der Waals surface area contributed by atoms with E-state index in [-0.39, 0.29) is 23.8 Å². The Kier molecular flexibility index (Phi) is 8.25. The zero-order valence-corrected chi connectivity index (χ0v) is 17.9. The Morgan fingerprint density at radius 1 is 1.03 bits per heavy atom. The zero-order valence-electron chi connectivity index (χ0n) is 17.9. The van der Waals surface area contributed by atoms with Crippen molar-refractivity contribution in [1.82, 2.24) is 20.9 Å². The highest BCUT2D eigenvalue weighted by Gasteiger charge is 2.35. The number of carbonyl (C=O) groups excluding carboxylic acids is 3. The molecule has 1 saturated heterocycles. The molecule has 2 unspecified atom stereocenters. The molecule has 0 bridgehead atoms. The van der Waals surface area contributed by atoms with Crippen LogP contribution >= 0.6 is 0 Å². The monoisotopic (exact) mass is 414 g/mol. The van der Waals surface area contributed by atoms with Crippen LogP contribution in [0, 0.1) is 5.92 Å². The number of likely N-dealkylation sites (tertiary alicyclic amines) is 1. The predicted octanol–water partition coefficient (Wildman–Crippen LogP) is 2.73. The molecule has 1 saturated carbocycles. The highest BCUT2D eigenvalue weighted by Crippen LogP contribution is 2.28. The maximum Gasteiger partial charge on any atom is 0.321 e. The molecule has 3 rings (SSSR count). The first-order chi connectivity index (χ1) is 14.6. The van der Waals surface area contributed by atoms with Gasteiger partial charge in [0, 0.05) is 19.1 Å². The molecule has 4 amide bonds. The van der Waals surface area contributed by atoms with Gasteiger partial charge in [0.05, 0.1) is 5.92 Å². The maximum atomic E-state index is 13.0. The SMILES string of the molecule is CCNC(=O)NC(=O)C(c1ccccc1)N1CCCC(C(=O)NC2CCCCC2)C1. The van der Waals surface area contributed by atoms with E-state index in [4.69, 9.17) is 0 Å². The molecule has 1 aliphatic carbocycles. The van der Waals surface area contributed by atoms with Crippen molar-refractivity contribution in [2.45, 2.75) is 64.0 Å². The number of nitrogens with one attached hydrogen (secondary N) is 3. The highest BCUT2D eigenvalue weighted by atomic mass is 16.2. The van der Waals surface area contributed by atoms with Gasteiger partial charge < -0.3 is 10.6 Å². The molecule has 7 heteroatoms. The minimum Gasteiger partial charge on any atom is -0.353 e. The van der Waals surface area contributed by atoms with Gasteiger partial charge in [-0.1, -0.05) is 49.6 Å². The van der Waals surface area contributed by atoms with Gasteiger partial charge in [0.2, 0.25) is 11.8 Å². The van der Waals surface area contributed by atoms with Crippen LogP contribution in [0.3, 0.4) is 0 Å². The van der Waals surface area contributed by atoms with E-state index in [2.05, 4.69) is 16.0 Å². The quantitative estimate of drug-likeness (QED) is 0.668. The second kappa shape index (κ2) is 11.1. The molecule has 164 valence electrons. The lowest BCUT2D eigenvalue weighted by Gasteiger charge is -2.37. The molecule has 2 aliphatic rings. The third-order valence-electron chi connectivity index (χ3n) is 6.08. The van der Waals surface area contributed by atoms with Gasteiger partial charge in [-0.2, -0.15) is 0 Å². The van der Waals surface area contributed by atoms with Crippen molar-refractivity contribution in [2.75, 3.05) is 19.6 Å². The molecule has 0 radical (unpaired) electrons. The summed E-state index contributed by atoms with van der Waals surface area (Å²) in [5.74, 6) is -0.396. The van der Waals surface area contributed by atoms with Crippen molar-refractivity contribution in [2.24, 2.45) is 5.92 Å². The van der Waals surface area contributed by atoms with Gasteiger partial charge in [0.15, 0.2) is 0 Å². The van der Waals surface area contributed by atoms with Gasteiger partial charge >= 0.3 is 6.03 Å². The number of benzene rings is 1. The van der Waals surface area contributed by atoms with Crippen molar-refractivity contribution in [3.63, 3.8) is 0 Å². The number of urea groups is 1. The second-order valence-corrected chi connectivity index (χ2v) is 8.34. The van der Waals surface area contributed by atoms with Crippen molar-refractivity contribution in [1.29, 1.82) is 0 Å². The Hall–Kier alpha value is -2.41. The molecule has 2 atom stereocenters. The van der Waals surface area contributed by atoms with Crippen LogP contribution in [0.5, 0.6) is 0 Å². The largest absolute Gasteiger partial charge is 0.353 e. The number of imide groups is 1. The Bertz CT molecular complexity index is 718. The number of hydrogen-bond donors (Lipinski definition) is 3. The van der Waals surface area contributed by atoms with E-state index in [9.17, 15) is 14.4 Å². The van der Waals surface area contributed by atoms with Crippen molar-refractivity contribution in [3.8, 4) is 0 Å². The number of rotatable bonds is 6. The molecular formula is C23H34N4O3. The molecule has 0 aromatic heterocycles. The Morgan fingerprint density at radius 3 is 2.47 bits per heavy atom. The number of nitrogens with zero attached hydrogens (tertiary/aromatic N) is 1. The fourth-order valence-electron chi connectivity index (χ4n) is 4.57. The standard InChI is InChI=1S/C23H34N4O3/c1-2-24-23(30)26-22(29)20(17-10-5-3-6-11-17)27-15-9-12-18(16-27)21(28)25-19-13-7-4-8-14-19/h3,5-6,10-11,18-20H,2,4,7-9,12-16H2,1H3,(H,25,28)(H2,24,26,29,30). The fourth-order valence-corrected chi connectivity index (χ4v) is 4.57. The summed E-state index contributed by atoms with van der Waals surface area (Å²) in [6, 6.07) is 8.66. The van der Waals surface area contributed by atoms with Crippen LogP contribution < -0.4 is 16.0 Å². The first-order valence-electron chi connectivity index (χ1n) is 11.3. The lowest BCUT2D eigenvalue weighted by molar-refractivity contribution is -0.132. The topological polar surface area (TPSA) is 90.5 Å². The van der Waals surface area contributed by atoms with Crippen molar-refractivity contribution < 1.29 is 14.4 Å². The normalized spacial score (nSPS) is 21.4. The molecule has 2 fully saturated rings. The summed E-state index contributed by atoms with van der Waals surface area (Å²) in [5.41, 5.74) is 0.827. The average molecular weight is 415 g/mol. The van der Waals surface area contributed by atoms with Crippen LogP contribution in [0.2, 0.25) is 0 Å². The third kappa shape index (κ3) is 6.05. The average Bonchev–Trinajstić information content (AvgIpc) is 2.76. The summed E-state index contributed by atoms with van der Waals surface area (Å²) in [6.07, 6.45) is 7.40. The Labute approximate surface area is 179 Å². The number of amides is 4. The molecule has 1 heterocycles. The second-order valence-electron chi connectivity index (χ2n) is 8.34. The van der Waals surface area contributed by atoms with Crippen LogP contribution in [-0.4, -0.2) is 48.4 Å². The minimum absolute atomic E-state index is 0.0996. The summed E-state index contributed by atoms with van der Waals surface area (Å²) in [4.78, 5) is 39.9. The molecule has 1 aliphatic heterocycles. The minimum atomic E-state index is -0.598. The Balaban J connectivity index is 1.70. The summed E-state index contributed by atoms with van der Waals surface area (Å²) in [7, 11) is 0. The number of hydrogen-bond acceptors (Lipinski definition) is 4. The summed E-state index contributed by atoms with van der Waals surface area (Å²) >= 11 is 0. The molecule has 1 aromatic rings. The summed E-state index contributed by atoms with van der Waals surface area (Å²) in [5, 5.41) is 8.30. The summed E-state index contributed by atoms with van der Waals surface area (Å²) in [6.45, 7) is 3.48.